The second-order valence-electron chi connectivity index (χ2n) is 4.73. The van der Waals surface area contributed by atoms with Crippen LogP contribution in [-0.2, 0) is 0 Å². The van der Waals surface area contributed by atoms with Gasteiger partial charge in [0.2, 0.25) is 0 Å². The molecule has 2 fully saturated rings. The predicted octanol–water partition coefficient (Wildman–Crippen LogP) is 2.38. The maximum absolute atomic E-state index is 5.70. The Morgan fingerprint density at radius 2 is 1.78 bits per heavy atom. The summed E-state index contributed by atoms with van der Waals surface area (Å²) in [7, 11) is 0. The molecule has 3 atom stereocenters. The number of hydrogen-bond acceptors (Lipinski definition) is 4. The maximum atomic E-state index is 5.70. The Hall–Kier alpha value is -0.290. The molecular formula is C11H17Cl3N4. The Balaban J connectivity index is 0.000000810. The highest BCUT2D eigenvalue weighted by atomic mass is 35.5. The summed E-state index contributed by atoms with van der Waals surface area (Å²) in [6.07, 6.45) is 2.48. The summed E-state index contributed by atoms with van der Waals surface area (Å²) in [5.74, 6) is 2.53. The summed E-state index contributed by atoms with van der Waals surface area (Å²) in [4.78, 5) is 0. The van der Waals surface area contributed by atoms with E-state index < -0.39 is 0 Å². The van der Waals surface area contributed by atoms with Gasteiger partial charge in [0.05, 0.1) is 0 Å². The molecule has 2 heterocycles. The number of anilines is 1. The van der Waals surface area contributed by atoms with Crippen LogP contribution in [0.1, 0.15) is 12.8 Å². The maximum Gasteiger partial charge on any atom is 0.151 e. The smallest absolute Gasteiger partial charge is 0.151 e. The van der Waals surface area contributed by atoms with Gasteiger partial charge in [0.15, 0.2) is 5.15 Å². The highest BCUT2D eigenvalue weighted by Gasteiger charge is 2.37. The summed E-state index contributed by atoms with van der Waals surface area (Å²) >= 11 is 5.70. The van der Waals surface area contributed by atoms with E-state index in [1.807, 2.05) is 6.07 Å². The summed E-state index contributed by atoms with van der Waals surface area (Å²) in [6.45, 7) is 2.35. The molecule has 0 unspecified atom stereocenters. The Labute approximate surface area is 124 Å². The number of nitrogens with one attached hydrogen (secondary N) is 2. The normalized spacial score (nSPS) is 29.1. The third-order valence-electron chi connectivity index (χ3n) is 3.64. The molecule has 2 N–H and O–H groups in total. The van der Waals surface area contributed by atoms with Crippen molar-refractivity contribution in [1.29, 1.82) is 0 Å². The van der Waals surface area contributed by atoms with Gasteiger partial charge in [-0.2, -0.15) is 0 Å². The Bertz CT molecular complexity index is 361. The largest absolute Gasteiger partial charge is 0.366 e. The first-order chi connectivity index (χ1) is 7.81. The summed E-state index contributed by atoms with van der Waals surface area (Å²) < 4.78 is 0. The van der Waals surface area contributed by atoms with Crippen molar-refractivity contribution in [3.63, 3.8) is 0 Å². The molecule has 0 aromatic carbocycles. The van der Waals surface area contributed by atoms with Gasteiger partial charge in [-0.3, -0.25) is 0 Å². The van der Waals surface area contributed by atoms with E-state index in [1.165, 1.54) is 25.9 Å². The van der Waals surface area contributed by atoms with Gasteiger partial charge >= 0.3 is 0 Å². The zero-order valence-electron chi connectivity index (χ0n) is 9.80. The quantitative estimate of drug-likeness (QED) is 0.880. The first kappa shape index (κ1) is 15.8. The van der Waals surface area contributed by atoms with Crippen molar-refractivity contribution in [2.45, 2.75) is 18.9 Å². The van der Waals surface area contributed by atoms with Crippen molar-refractivity contribution in [3.05, 3.63) is 17.3 Å². The van der Waals surface area contributed by atoms with E-state index >= 15 is 0 Å². The number of fused-ring (bicyclic) bond motifs is 1. The molecule has 1 aliphatic carbocycles. The van der Waals surface area contributed by atoms with Gasteiger partial charge in [0.1, 0.15) is 5.82 Å². The van der Waals surface area contributed by atoms with Gasteiger partial charge in [0, 0.05) is 6.04 Å². The molecular weight excluding hydrogens is 295 g/mol. The van der Waals surface area contributed by atoms with Crippen LogP contribution in [0, 0.1) is 11.8 Å². The third-order valence-corrected chi connectivity index (χ3v) is 3.84. The monoisotopic (exact) mass is 310 g/mol. The van der Waals surface area contributed by atoms with Crippen LogP contribution in [0.5, 0.6) is 0 Å². The van der Waals surface area contributed by atoms with Crippen molar-refractivity contribution >= 4 is 42.2 Å². The molecule has 1 aromatic heterocycles. The van der Waals surface area contributed by atoms with Gasteiger partial charge in [-0.05, 0) is 49.9 Å². The number of aromatic nitrogens is 2. The van der Waals surface area contributed by atoms with Crippen molar-refractivity contribution in [1.82, 2.24) is 15.5 Å². The minimum Gasteiger partial charge on any atom is -0.366 e. The van der Waals surface area contributed by atoms with Crippen LogP contribution in [0.3, 0.4) is 0 Å². The van der Waals surface area contributed by atoms with Gasteiger partial charge in [-0.25, -0.2) is 0 Å². The van der Waals surface area contributed by atoms with Crippen LogP contribution in [-0.4, -0.2) is 29.3 Å². The van der Waals surface area contributed by atoms with Gasteiger partial charge in [-0.1, -0.05) is 11.6 Å². The van der Waals surface area contributed by atoms with Crippen LogP contribution in [0.2, 0.25) is 5.15 Å². The molecule has 1 saturated heterocycles. The van der Waals surface area contributed by atoms with Crippen molar-refractivity contribution < 1.29 is 0 Å². The van der Waals surface area contributed by atoms with Crippen molar-refractivity contribution in [3.8, 4) is 0 Å². The second kappa shape index (κ2) is 6.75. The number of halogens is 3. The molecule has 3 rings (SSSR count). The minimum atomic E-state index is 0. The summed E-state index contributed by atoms with van der Waals surface area (Å²) in [5, 5.41) is 15.2. The minimum absolute atomic E-state index is 0. The lowest BCUT2D eigenvalue weighted by Crippen LogP contribution is -2.21. The van der Waals surface area contributed by atoms with Gasteiger partial charge in [0.25, 0.3) is 0 Å². The molecule has 4 nitrogen and oxygen atoms in total. The van der Waals surface area contributed by atoms with Crippen LogP contribution in [0.4, 0.5) is 5.82 Å². The van der Waals surface area contributed by atoms with Crippen LogP contribution in [0.25, 0.3) is 0 Å². The van der Waals surface area contributed by atoms with E-state index in [-0.39, 0.29) is 24.8 Å². The zero-order chi connectivity index (χ0) is 11.0. The van der Waals surface area contributed by atoms with Gasteiger partial charge in [-0.15, -0.1) is 35.0 Å². The fourth-order valence-electron chi connectivity index (χ4n) is 2.89. The van der Waals surface area contributed by atoms with E-state index in [9.17, 15) is 0 Å². The van der Waals surface area contributed by atoms with Crippen molar-refractivity contribution in [2.75, 3.05) is 18.4 Å². The highest BCUT2D eigenvalue weighted by Crippen LogP contribution is 2.35. The van der Waals surface area contributed by atoms with E-state index in [1.54, 1.807) is 6.07 Å². The molecule has 1 saturated carbocycles. The average molecular weight is 312 g/mol. The van der Waals surface area contributed by atoms with E-state index in [4.69, 9.17) is 11.6 Å². The van der Waals surface area contributed by atoms with E-state index in [0.717, 1.165) is 17.7 Å². The standard InChI is InChI=1S/C11H15ClN4.2ClH/c12-10-1-2-11(16-15-10)14-9-3-7-5-13-6-8(7)4-9;;/h1-2,7-9,13H,3-6H2,(H,14,16);2*1H/t7-,8+,9-;;. The summed E-state index contributed by atoms with van der Waals surface area (Å²) in [6, 6.07) is 4.21. The topological polar surface area (TPSA) is 49.8 Å². The SMILES string of the molecule is Cl.Cl.Clc1ccc(N[C@H]2C[C@H]3CNC[C@H]3C2)nn1. The second-order valence-corrected chi connectivity index (χ2v) is 5.12. The van der Waals surface area contributed by atoms with Gasteiger partial charge < -0.3 is 10.6 Å². The van der Waals surface area contributed by atoms with Crippen LogP contribution in [0.15, 0.2) is 12.1 Å². The zero-order valence-corrected chi connectivity index (χ0v) is 12.2. The molecule has 18 heavy (non-hydrogen) atoms. The first-order valence-corrected chi connectivity index (χ1v) is 6.15. The Morgan fingerprint density at radius 1 is 1.11 bits per heavy atom. The lowest BCUT2D eigenvalue weighted by molar-refractivity contribution is 0.494. The molecule has 0 spiro atoms. The van der Waals surface area contributed by atoms with Crippen LogP contribution >= 0.6 is 36.4 Å². The Morgan fingerprint density at radius 3 is 2.33 bits per heavy atom. The number of hydrogen-bond donors (Lipinski definition) is 2. The molecule has 1 aliphatic heterocycles. The van der Waals surface area contributed by atoms with Crippen molar-refractivity contribution in [2.24, 2.45) is 11.8 Å². The summed E-state index contributed by atoms with van der Waals surface area (Å²) in [5.41, 5.74) is 0. The Kier molecular flexibility index (Phi) is 5.92. The molecule has 0 amide bonds. The molecule has 7 heteroatoms. The fourth-order valence-corrected chi connectivity index (χ4v) is 2.99. The van der Waals surface area contributed by atoms with E-state index in [2.05, 4.69) is 20.8 Å². The molecule has 0 radical (unpaired) electrons. The predicted molar refractivity (Wildman–Crippen MR) is 78.0 cm³/mol. The average Bonchev–Trinajstić information content (AvgIpc) is 2.81. The number of rotatable bonds is 2. The molecule has 1 aromatic rings. The fraction of sp³-hybridized carbons (Fsp3) is 0.636. The lowest BCUT2D eigenvalue weighted by atomic mass is 10.0. The number of nitrogens with zero attached hydrogens (tertiary/aromatic N) is 2. The van der Waals surface area contributed by atoms with E-state index in [0.29, 0.717) is 11.2 Å². The van der Waals surface area contributed by atoms with Crippen LogP contribution < -0.4 is 10.6 Å². The lowest BCUT2D eigenvalue weighted by Gasteiger charge is -2.13. The first-order valence-electron chi connectivity index (χ1n) is 5.78. The highest BCUT2D eigenvalue weighted by molar-refractivity contribution is 6.29. The molecule has 2 aliphatic rings. The third kappa shape index (κ3) is 3.38. The molecule has 102 valence electrons. The molecule has 0 bridgehead atoms.